The number of carbonyl (C=O) groups excluding carboxylic acids is 1. The highest BCUT2D eigenvalue weighted by molar-refractivity contribution is 7.11. The van der Waals surface area contributed by atoms with E-state index in [0.29, 0.717) is 13.1 Å². The number of thiazole rings is 1. The lowest BCUT2D eigenvalue weighted by molar-refractivity contribution is 0.235. The Morgan fingerprint density at radius 2 is 1.94 bits per heavy atom. The van der Waals surface area contributed by atoms with Crippen LogP contribution >= 0.6 is 11.3 Å². The Kier molecular flexibility index (Phi) is 5.14. The van der Waals surface area contributed by atoms with Crippen LogP contribution in [0.5, 0.6) is 0 Å². The van der Waals surface area contributed by atoms with E-state index in [0.717, 1.165) is 17.1 Å². The molecular weight excluding hydrogens is 246 g/mol. The van der Waals surface area contributed by atoms with Gasteiger partial charge in [0.1, 0.15) is 0 Å². The standard InChI is InChI=1S/C13H23N3OS/c1-9-10(2)18-11(16-9)6-7-14-12(17)15-8-13(3,4)5/h6-8H2,1-5H3,(H2,14,15,17). The number of hydrogen-bond acceptors (Lipinski definition) is 3. The van der Waals surface area contributed by atoms with Crippen molar-refractivity contribution >= 4 is 17.4 Å². The summed E-state index contributed by atoms with van der Waals surface area (Å²) in [7, 11) is 0. The molecule has 2 amide bonds. The fourth-order valence-electron chi connectivity index (χ4n) is 1.34. The Balaban J connectivity index is 2.23. The third-order valence-electron chi connectivity index (χ3n) is 2.48. The average molecular weight is 269 g/mol. The molecule has 0 unspecified atom stereocenters. The summed E-state index contributed by atoms with van der Waals surface area (Å²) in [6, 6.07) is -0.102. The van der Waals surface area contributed by atoms with Crippen molar-refractivity contribution in [2.24, 2.45) is 5.41 Å². The second kappa shape index (κ2) is 6.18. The normalized spacial score (nSPS) is 11.4. The van der Waals surface area contributed by atoms with Gasteiger partial charge in [-0.3, -0.25) is 0 Å². The van der Waals surface area contributed by atoms with Gasteiger partial charge in [-0.15, -0.1) is 11.3 Å². The summed E-state index contributed by atoms with van der Waals surface area (Å²) in [5.41, 5.74) is 1.20. The van der Waals surface area contributed by atoms with Crippen molar-refractivity contribution < 1.29 is 4.79 Å². The molecule has 2 N–H and O–H groups in total. The number of rotatable bonds is 4. The molecule has 0 aliphatic carbocycles. The van der Waals surface area contributed by atoms with Crippen LogP contribution in [0.1, 0.15) is 36.3 Å². The van der Waals surface area contributed by atoms with Gasteiger partial charge in [0.25, 0.3) is 0 Å². The van der Waals surface area contributed by atoms with Crippen LogP contribution in [-0.2, 0) is 6.42 Å². The molecule has 0 aliphatic heterocycles. The lowest BCUT2D eigenvalue weighted by Gasteiger charge is -2.18. The number of aromatic nitrogens is 1. The first-order valence-corrected chi connectivity index (χ1v) is 7.04. The molecule has 0 bridgehead atoms. The van der Waals surface area contributed by atoms with E-state index in [4.69, 9.17) is 0 Å². The number of urea groups is 1. The van der Waals surface area contributed by atoms with Crippen molar-refractivity contribution in [1.82, 2.24) is 15.6 Å². The molecule has 0 atom stereocenters. The van der Waals surface area contributed by atoms with Gasteiger partial charge in [0, 0.05) is 24.4 Å². The zero-order valence-electron chi connectivity index (χ0n) is 11.9. The van der Waals surface area contributed by atoms with E-state index >= 15 is 0 Å². The largest absolute Gasteiger partial charge is 0.338 e. The maximum absolute atomic E-state index is 11.5. The third kappa shape index (κ3) is 5.49. The molecular formula is C13H23N3OS. The monoisotopic (exact) mass is 269 g/mol. The van der Waals surface area contributed by atoms with Crippen molar-refractivity contribution in [3.8, 4) is 0 Å². The Labute approximate surface area is 113 Å². The van der Waals surface area contributed by atoms with Crippen molar-refractivity contribution in [3.05, 3.63) is 15.6 Å². The Bertz CT molecular complexity index is 387. The van der Waals surface area contributed by atoms with Crippen LogP contribution in [0.3, 0.4) is 0 Å². The SMILES string of the molecule is Cc1nc(CCNC(=O)NCC(C)(C)C)sc1C. The molecule has 0 radical (unpaired) electrons. The highest BCUT2D eigenvalue weighted by atomic mass is 32.1. The molecule has 0 spiro atoms. The lowest BCUT2D eigenvalue weighted by Crippen LogP contribution is -2.40. The third-order valence-corrected chi connectivity index (χ3v) is 3.61. The summed E-state index contributed by atoms with van der Waals surface area (Å²) in [6.45, 7) is 11.7. The fourth-order valence-corrected chi connectivity index (χ4v) is 2.27. The summed E-state index contributed by atoms with van der Waals surface area (Å²) in [5.74, 6) is 0. The van der Waals surface area contributed by atoms with E-state index in [9.17, 15) is 4.79 Å². The van der Waals surface area contributed by atoms with Crippen LogP contribution in [0.15, 0.2) is 0 Å². The Morgan fingerprint density at radius 3 is 2.44 bits per heavy atom. The molecule has 0 aromatic carbocycles. The summed E-state index contributed by atoms with van der Waals surface area (Å²) in [4.78, 5) is 17.2. The predicted molar refractivity (Wildman–Crippen MR) is 76.1 cm³/mol. The first kappa shape index (κ1) is 15.0. The van der Waals surface area contributed by atoms with Gasteiger partial charge >= 0.3 is 6.03 Å². The summed E-state index contributed by atoms with van der Waals surface area (Å²) in [5, 5.41) is 6.79. The number of nitrogens with one attached hydrogen (secondary N) is 2. The second-order valence-corrected chi connectivity index (χ2v) is 6.96. The predicted octanol–water partition coefficient (Wildman–Crippen LogP) is 2.65. The van der Waals surface area contributed by atoms with E-state index in [1.54, 1.807) is 11.3 Å². The van der Waals surface area contributed by atoms with E-state index in [1.807, 2.05) is 6.92 Å². The lowest BCUT2D eigenvalue weighted by atomic mass is 9.97. The molecule has 1 heterocycles. The topological polar surface area (TPSA) is 54.0 Å². The van der Waals surface area contributed by atoms with E-state index < -0.39 is 0 Å². The van der Waals surface area contributed by atoms with E-state index in [1.165, 1.54) is 4.88 Å². The number of carbonyl (C=O) groups is 1. The highest BCUT2D eigenvalue weighted by Gasteiger charge is 2.11. The smallest absolute Gasteiger partial charge is 0.314 e. The number of hydrogen-bond donors (Lipinski definition) is 2. The van der Waals surface area contributed by atoms with Gasteiger partial charge in [-0.1, -0.05) is 20.8 Å². The molecule has 102 valence electrons. The Hall–Kier alpha value is -1.10. The zero-order chi connectivity index (χ0) is 13.8. The van der Waals surface area contributed by atoms with Gasteiger partial charge in [0.2, 0.25) is 0 Å². The molecule has 18 heavy (non-hydrogen) atoms. The van der Waals surface area contributed by atoms with Gasteiger partial charge in [-0.05, 0) is 19.3 Å². The molecule has 0 fully saturated rings. The molecule has 0 saturated heterocycles. The van der Waals surface area contributed by atoms with Crippen molar-refractivity contribution in [1.29, 1.82) is 0 Å². The summed E-state index contributed by atoms with van der Waals surface area (Å²) >= 11 is 1.70. The van der Waals surface area contributed by atoms with Crippen molar-refractivity contribution in [2.75, 3.05) is 13.1 Å². The fraction of sp³-hybridized carbons (Fsp3) is 0.692. The van der Waals surface area contributed by atoms with Crippen LogP contribution in [0.2, 0.25) is 0 Å². The second-order valence-electron chi connectivity index (χ2n) is 5.67. The van der Waals surface area contributed by atoms with Crippen LogP contribution in [-0.4, -0.2) is 24.1 Å². The molecule has 0 aliphatic rings. The molecule has 1 rings (SSSR count). The van der Waals surface area contributed by atoms with Gasteiger partial charge in [0.15, 0.2) is 0 Å². The number of amides is 2. The van der Waals surface area contributed by atoms with Crippen LogP contribution in [0.4, 0.5) is 4.79 Å². The first-order valence-electron chi connectivity index (χ1n) is 6.22. The molecule has 1 aromatic rings. The van der Waals surface area contributed by atoms with Crippen LogP contribution < -0.4 is 10.6 Å². The maximum atomic E-state index is 11.5. The van der Waals surface area contributed by atoms with Gasteiger partial charge in [-0.25, -0.2) is 9.78 Å². The van der Waals surface area contributed by atoms with Gasteiger partial charge in [0.05, 0.1) is 10.7 Å². The quantitative estimate of drug-likeness (QED) is 0.883. The summed E-state index contributed by atoms with van der Waals surface area (Å²) < 4.78 is 0. The maximum Gasteiger partial charge on any atom is 0.314 e. The van der Waals surface area contributed by atoms with Crippen molar-refractivity contribution in [2.45, 2.75) is 41.0 Å². The van der Waals surface area contributed by atoms with Crippen LogP contribution in [0.25, 0.3) is 0 Å². The van der Waals surface area contributed by atoms with Crippen molar-refractivity contribution in [3.63, 3.8) is 0 Å². The minimum atomic E-state index is -0.102. The number of aryl methyl sites for hydroxylation is 2. The van der Waals surface area contributed by atoms with Gasteiger partial charge < -0.3 is 10.6 Å². The summed E-state index contributed by atoms with van der Waals surface area (Å²) in [6.07, 6.45) is 0.794. The molecule has 5 heteroatoms. The van der Waals surface area contributed by atoms with E-state index in [-0.39, 0.29) is 11.4 Å². The minimum absolute atomic E-state index is 0.102. The Morgan fingerprint density at radius 1 is 1.28 bits per heavy atom. The van der Waals surface area contributed by atoms with E-state index in [2.05, 4.69) is 43.3 Å². The zero-order valence-corrected chi connectivity index (χ0v) is 12.7. The first-order chi connectivity index (χ1) is 8.28. The minimum Gasteiger partial charge on any atom is -0.338 e. The molecule has 4 nitrogen and oxygen atoms in total. The van der Waals surface area contributed by atoms with Gasteiger partial charge in [-0.2, -0.15) is 0 Å². The number of nitrogens with zero attached hydrogens (tertiary/aromatic N) is 1. The van der Waals surface area contributed by atoms with Crippen LogP contribution in [0, 0.1) is 19.3 Å². The molecule has 0 saturated carbocycles. The molecule has 1 aromatic heterocycles. The highest BCUT2D eigenvalue weighted by Crippen LogP contribution is 2.16. The average Bonchev–Trinajstić information content (AvgIpc) is 2.54.